The van der Waals surface area contributed by atoms with Crippen LogP contribution in [0, 0.1) is 0 Å². The Morgan fingerprint density at radius 3 is 3.20 bits per heavy atom. The minimum Gasteiger partial charge on any atom is -0.304 e. The molecule has 0 aliphatic heterocycles. The zero-order valence-electron chi connectivity index (χ0n) is 4.96. The Balaban J connectivity index is 3.01. The molecule has 0 unspecified atom stereocenters. The summed E-state index contributed by atoms with van der Waals surface area (Å²) in [6.07, 6.45) is 0. The van der Waals surface area contributed by atoms with Crippen molar-refractivity contribution in [3.05, 3.63) is 22.2 Å². The summed E-state index contributed by atoms with van der Waals surface area (Å²) in [6.45, 7) is 0. The maximum atomic E-state index is 10.6. The van der Waals surface area contributed by atoms with Gasteiger partial charge in [0, 0.05) is 0 Å². The quantitative estimate of drug-likeness (QED) is 0.588. The van der Waals surface area contributed by atoms with Crippen molar-refractivity contribution in [3.8, 4) is 0 Å². The molecule has 2 aromatic rings. The molecule has 50 valence electrons. The summed E-state index contributed by atoms with van der Waals surface area (Å²) in [7, 11) is 1.01. The fraction of sp³-hybridized carbons (Fsp3) is 0. The number of nitrogens with one attached hydrogen (secondary N) is 2. The maximum absolute atomic E-state index is 10.6. The lowest BCUT2D eigenvalue weighted by Gasteiger charge is -1.80. The van der Waals surface area contributed by atoms with Gasteiger partial charge in [-0.2, -0.15) is 0 Å². The molecule has 0 radical (unpaired) electrons. The average Bonchev–Trinajstić information content (AvgIpc) is 2.27. The fourth-order valence-corrected chi connectivity index (χ4v) is 1.37. The number of fused-ring (bicyclic) bond motifs is 1. The summed E-state index contributed by atoms with van der Waals surface area (Å²) in [6, 6.07) is 0. The van der Waals surface area contributed by atoms with Crippen LogP contribution in [-0.4, -0.2) is 15.0 Å². The summed E-state index contributed by atoms with van der Waals surface area (Å²) in [5.41, 5.74) is 1.22. The molecular weight excluding hydrogens is 149 g/mol. The van der Waals surface area contributed by atoms with Gasteiger partial charge in [-0.25, -0.2) is 9.78 Å². The second-order valence-electron chi connectivity index (χ2n) is 1.86. The Hall–Kier alpha value is -1.15. The molecule has 0 aromatic carbocycles. The number of rotatable bonds is 0. The van der Waals surface area contributed by atoms with Crippen LogP contribution < -0.4 is 5.69 Å². The molecule has 10 heavy (non-hydrogen) atoms. The van der Waals surface area contributed by atoms with Crippen molar-refractivity contribution in [2.75, 3.05) is 0 Å². The van der Waals surface area contributed by atoms with Gasteiger partial charge in [0.25, 0.3) is 0 Å². The van der Waals surface area contributed by atoms with E-state index in [4.69, 9.17) is 0 Å². The van der Waals surface area contributed by atoms with Crippen LogP contribution in [0.15, 0.2) is 16.5 Å². The number of nitrogens with zero attached hydrogens (tertiary/aromatic N) is 1. The first kappa shape index (κ1) is 5.62. The first-order chi connectivity index (χ1) is 4.86. The number of H-pyrrole nitrogens is 2. The summed E-state index contributed by atoms with van der Waals surface area (Å²) >= 11 is 0. The van der Waals surface area contributed by atoms with Crippen LogP contribution in [0.3, 0.4) is 0 Å². The Labute approximate surface area is 57.4 Å². The summed E-state index contributed by atoms with van der Waals surface area (Å²) < 4.78 is 0. The first-order valence-corrected chi connectivity index (χ1v) is 3.77. The molecule has 0 fully saturated rings. The number of hydrogen-bond donors (Lipinski definition) is 2. The molecule has 0 spiro atoms. The van der Waals surface area contributed by atoms with Gasteiger partial charge >= 0.3 is 5.69 Å². The van der Waals surface area contributed by atoms with Gasteiger partial charge in [0.15, 0.2) is 5.65 Å². The van der Waals surface area contributed by atoms with Crippen molar-refractivity contribution in [2.24, 2.45) is 0 Å². The molecule has 0 saturated carbocycles. The van der Waals surface area contributed by atoms with Gasteiger partial charge < -0.3 is 4.98 Å². The number of hydrogen-bond acceptors (Lipinski definition) is 2. The molecule has 0 aliphatic rings. The zero-order chi connectivity index (χ0) is 6.97. The molecule has 2 N–H and O–H groups in total. The molecule has 4 nitrogen and oxygen atoms in total. The largest absolute Gasteiger partial charge is 0.325 e. The van der Waals surface area contributed by atoms with E-state index in [1.807, 2.05) is 5.80 Å². The van der Waals surface area contributed by atoms with Gasteiger partial charge in [-0.15, -0.1) is 0 Å². The van der Waals surface area contributed by atoms with Gasteiger partial charge in [0.2, 0.25) is 0 Å². The van der Waals surface area contributed by atoms with Crippen LogP contribution in [0.5, 0.6) is 0 Å². The van der Waals surface area contributed by atoms with E-state index in [2.05, 4.69) is 15.0 Å². The second-order valence-corrected chi connectivity index (χ2v) is 2.65. The van der Waals surface area contributed by atoms with Crippen LogP contribution in [0.2, 0.25) is 0 Å². The van der Waals surface area contributed by atoms with Crippen LogP contribution in [0.4, 0.5) is 0 Å². The Bertz CT molecular complexity index is 368. The topological polar surface area (TPSA) is 61.5 Å². The zero-order valence-corrected chi connectivity index (χ0v) is 5.85. The number of aromatic nitrogens is 3. The van der Waals surface area contributed by atoms with Crippen LogP contribution in [0.1, 0.15) is 0 Å². The third-order valence-electron chi connectivity index (χ3n) is 1.19. The highest BCUT2D eigenvalue weighted by Crippen LogP contribution is 2.08. The SMILES string of the molecule is O=c1[nH]c2cpcnc2[nH]1. The molecule has 5 heteroatoms. The highest BCUT2D eigenvalue weighted by Gasteiger charge is 1.94. The molecule has 2 heterocycles. The predicted molar refractivity (Wildman–Crippen MR) is 39.2 cm³/mol. The van der Waals surface area contributed by atoms with E-state index >= 15 is 0 Å². The molecule has 2 rings (SSSR count). The Morgan fingerprint density at radius 1 is 1.50 bits per heavy atom. The van der Waals surface area contributed by atoms with Gasteiger partial charge in [-0.05, 0) is 5.80 Å². The second kappa shape index (κ2) is 1.92. The fourth-order valence-electron chi connectivity index (χ4n) is 0.782. The van der Waals surface area contributed by atoms with Crippen LogP contribution >= 0.6 is 8.19 Å². The number of imidazole rings is 1. The molecule has 0 atom stereocenters. The summed E-state index contributed by atoms with van der Waals surface area (Å²) in [4.78, 5) is 19.8. The van der Waals surface area contributed by atoms with Crippen molar-refractivity contribution < 1.29 is 0 Å². The van der Waals surface area contributed by atoms with Gasteiger partial charge in [0.05, 0.1) is 11.4 Å². The van der Waals surface area contributed by atoms with Crippen molar-refractivity contribution in [2.45, 2.75) is 0 Å². The predicted octanol–water partition coefficient (Wildman–Crippen LogP) is 0.831. The minimum absolute atomic E-state index is 0.199. The van der Waals surface area contributed by atoms with Gasteiger partial charge in [0.1, 0.15) is 0 Å². The van der Waals surface area contributed by atoms with E-state index < -0.39 is 0 Å². The lowest BCUT2D eigenvalue weighted by atomic mass is 10.6. The molecule has 0 saturated heterocycles. The lowest BCUT2D eigenvalue weighted by molar-refractivity contribution is 1.20. The van der Waals surface area contributed by atoms with Crippen molar-refractivity contribution in [1.29, 1.82) is 0 Å². The Kier molecular flexibility index (Phi) is 1.08. The van der Waals surface area contributed by atoms with Crippen LogP contribution in [0.25, 0.3) is 11.2 Å². The van der Waals surface area contributed by atoms with E-state index in [1.165, 1.54) is 0 Å². The maximum Gasteiger partial charge on any atom is 0.325 e. The Morgan fingerprint density at radius 2 is 2.40 bits per heavy atom. The normalized spacial score (nSPS) is 11.2. The summed E-state index contributed by atoms with van der Waals surface area (Å²) in [5.74, 6) is 3.62. The van der Waals surface area contributed by atoms with Gasteiger partial charge in [-0.3, -0.25) is 4.98 Å². The van der Waals surface area contributed by atoms with E-state index in [9.17, 15) is 4.79 Å². The standard InChI is InChI=1S/C5H4N3OP/c9-5-7-3-1-10-2-6-4(3)8-5/h1-2H,(H2,6,7,8,9). The molecule has 0 aliphatic carbocycles. The molecule has 2 aromatic heterocycles. The van der Waals surface area contributed by atoms with E-state index in [-0.39, 0.29) is 5.69 Å². The lowest BCUT2D eigenvalue weighted by Crippen LogP contribution is -1.99. The smallest absolute Gasteiger partial charge is 0.304 e. The molecule has 0 amide bonds. The number of aromatic amines is 2. The monoisotopic (exact) mass is 153 g/mol. The highest BCUT2D eigenvalue weighted by molar-refractivity contribution is 7.28. The first-order valence-electron chi connectivity index (χ1n) is 2.74. The third kappa shape index (κ3) is 0.736. The highest BCUT2D eigenvalue weighted by atomic mass is 31.0. The third-order valence-corrected chi connectivity index (χ3v) is 1.85. The average molecular weight is 153 g/mol. The van der Waals surface area contributed by atoms with Crippen LogP contribution in [-0.2, 0) is 0 Å². The van der Waals surface area contributed by atoms with E-state index in [1.54, 1.807) is 5.93 Å². The minimum atomic E-state index is -0.199. The van der Waals surface area contributed by atoms with Crippen molar-refractivity contribution >= 4 is 19.4 Å². The van der Waals surface area contributed by atoms with E-state index in [0.717, 1.165) is 13.7 Å². The molecular formula is C5H4N3OP. The molecule has 0 bridgehead atoms. The van der Waals surface area contributed by atoms with Crippen molar-refractivity contribution in [3.63, 3.8) is 0 Å². The van der Waals surface area contributed by atoms with Crippen molar-refractivity contribution in [1.82, 2.24) is 15.0 Å². The van der Waals surface area contributed by atoms with E-state index in [0.29, 0.717) is 5.65 Å². The van der Waals surface area contributed by atoms with Gasteiger partial charge in [-0.1, -0.05) is 8.19 Å². The summed E-state index contributed by atoms with van der Waals surface area (Å²) in [5, 5.41) is 0.